The third-order valence-electron chi connectivity index (χ3n) is 7.80. The molecule has 31 heavy (non-hydrogen) atoms. The lowest BCUT2D eigenvalue weighted by Crippen LogP contribution is -2.42. The van der Waals surface area contributed by atoms with E-state index in [1.807, 2.05) is 12.1 Å². The van der Waals surface area contributed by atoms with Gasteiger partial charge in [0.1, 0.15) is 11.5 Å². The number of fused-ring (bicyclic) bond motifs is 5. The molecule has 3 aliphatic rings. The fourth-order valence-corrected chi connectivity index (χ4v) is 6.31. The largest absolute Gasteiger partial charge is 0.508 e. The summed E-state index contributed by atoms with van der Waals surface area (Å²) < 4.78 is 29.2. The van der Waals surface area contributed by atoms with Gasteiger partial charge in [0.05, 0.1) is 0 Å². The van der Waals surface area contributed by atoms with Crippen LogP contribution in [0.5, 0.6) is 11.5 Å². The van der Waals surface area contributed by atoms with E-state index >= 15 is 0 Å². The highest BCUT2D eigenvalue weighted by Gasteiger charge is 2.56. The predicted molar refractivity (Wildman–Crippen MR) is 114 cm³/mol. The summed E-state index contributed by atoms with van der Waals surface area (Å²) in [6, 6.07) is 12.2. The minimum atomic E-state index is -2.85. The van der Waals surface area contributed by atoms with E-state index < -0.39 is 6.61 Å². The van der Waals surface area contributed by atoms with Crippen molar-refractivity contribution in [1.29, 1.82) is 0 Å². The van der Waals surface area contributed by atoms with Crippen molar-refractivity contribution in [3.05, 3.63) is 64.7 Å². The standard InChI is InChI=1S/C26H26F2O3/c1-26-11-10-21-20-9-5-18(29)13-16(20)4-8-22(21)23(26)14-17(24(26)30)12-15-2-6-19(7-3-15)31-25(27)28/h2-3,5-7,9,12-13,21-23,25,29H,4,8,10-11,14H2,1H3/b17-12+/t21-,22-,23-,26+/m1/s1. The van der Waals surface area contributed by atoms with E-state index in [0.717, 1.165) is 43.2 Å². The number of hydrogen-bond acceptors (Lipinski definition) is 3. The average Bonchev–Trinajstić information content (AvgIpc) is 2.99. The Morgan fingerprint density at radius 1 is 1.16 bits per heavy atom. The Hall–Kier alpha value is -2.69. The van der Waals surface area contributed by atoms with Gasteiger partial charge in [-0.25, -0.2) is 0 Å². The molecule has 3 nitrogen and oxygen atoms in total. The third-order valence-corrected chi connectivity index (χ3v) is 7.80. The average molecular weight is 424 g/mol. The number of aromatic hydroxyl groups is 1. The number of ether oxygens (including phenoxy) is 1. The van der Waals surface area contributed by atoms with Crippen LogP contribution in [0.15, 0.2) is 48.0 Å². The molecule has 2 aromatic rings. The maximum Gasteiger partial charge on any atom is 0.387 e. The number of carbonyl (C=O) groups is 1. The van der Waals surface area contributed by atoms with Gasteiger partial charge in [-0.3, -0.25) is 4.79 Å². The van der Waals surface area contributed by atoms with Crippen LogP contribution in [0.3, 0.4) is 0 Å². The van der Waals surface area contributed by atoms with E-state index in [2.05, 4.69) is 17.7 Å². The van der Waals surface area contributed by atoms with Gasteiger partial charge >= 0.3 is 6.61 Å². The Morgan fingerprint density at radius 2 is 1.94 bits per heavy atom. The number of rotatable bonds is 3. The number of ketones is 1. The monoisotopic (exact) mass is 424 g/mol. The SMILES string of the molecule is C[C@]12CC[C@@H]3c4ccc(O)cc4CC[C@H]3[C@H]1C/C(=C\c1ccc(OC(F)F)cc1)C2=O. The molecular weight excluding hydrogens is 398 g/mol. The number of phenolic OH excluding ortho intramolecular Hbond substituents is 1. The number of Topliss-reactive ketones (excluding diaryl/α,β-unsaturated/α-hetero) is 1. The molecule has 0 heterocycles. The Morgan fingerprint density at radius 3 is 2.68 bits per heavy atom. The molecular formula is C26H26F2O3. The van der Waals surface area contributed by atoms with Crippen molar-refractivity contribution in [1.82, 2.24) is 0 Å². The fourth-order valence-electron chi connectivity index (χ4n) is 6.31. The van der Waals surface area contributed by atoms with Crippen molar-refractivity contribution in [2.24, 2.45) is 17.3 Å². The molecule has 0 aromatic heterocycles. The van der Waals surface area contributed by atoms with Crippen LogP contribution in [0.2, 0.25) is 0 Å². The molecule has 2 fully saturated rings. The first-order valence-corrected chi connectivity index (χ1v) is 11.0. The van der Waals surface area contributed by atoms with E-state index in [1.54, 1.807) is 18.2 Å². The van der Waals surface area contributed by atoms with Crippen molar-refractivity contribution in [3.63, 3.8) is 0 Å². The van der Waals surface area contributed by atoms with E-state index in [9.17, 15) is 18.7 Å². The number of benzene rings is 2. The van der Waals surface area contributed by atoms with Gasteiger partial charge in [-0.1, -0.05) is 25.1 Å². The van der Waals surface area contributed by atoms with Crippen molar-refractivity contribution in [3.8, 4) is 11.5 Å². The highest BCUT2D eigenvalue weighted by Crippen LogP contribution is 2.60. The second kappa shape index (κ2) is 7.47. The molecule has 162 valence electrons. The summed E-state index contributed by atoms with van der Waals surface area (Å²) in [6.45, 7) is -0.718. The summed E-state index contributed by atoms with van der Waals surface area (Å²) in [6.07, 6.45) is 6.53. The summed E-state index contributed by atoms with van der Waals surface area (Å²) in [4.78, 5) is 13.4. The Labute approximate surface area is 180 Å². The van der Waals surface area contributed by atoms with E-state index in [0.29, 0.717) is 23.5 Å². The summed E-state index contributed by atoms with van der Waals surface area (Å²) in [5.74, 6) is 1.90. The van der Waals surface area contributed by atoms with Gasteiger partial charge in [0, 0.05) is 5.41 Å². The van der Waals surface area contributed by atoms with Crippen molar-refractivity contribution >= 4 is 11.9 Å². The highest BCUT2D eigenvalue weighted by atomic mass is 19.3. The molecule has 1 N–H and O–H groups in total. The van der Waals surface area contributed by atoms with Crippen molar-refractivity contribution < 1.29 is 23.4 Å². The first kappa shape index (κ1) is 20.2. The topological polar surface area (TPSA) is 46.5 Å². The molecule has 3 aliphatic carbocycles. The Kier molecular flexibility index (Phi) is 4.87. The molecule has 5 rings (SSSR count). The predicted octanol–water partition coefficient (Wildman–Crippen LogP) is 6.11. The molecule has 2 saturated carbocycles. The molecule has 0 unspecified atom stereocenters. The first-order chi connectivity index (χ1) is 14.8. The lowest BCUT2D eigenvalue weighted by Gasteiger charge is -2.48. The molecule has 0 spiro atoms. The number of phenols is 1. The van der Waals surface area contributed by atoms with Crippen LogP contribution in [0.1, 0.15) is 55.2 Å². The Balaban J connectivity index is 1.41. The van der Waals surface area contributed by atoms with Crippen LogP contribution in [-0.4, -0.2) is 17.5 Å². The number of alkyl halides is 2. The maximum atomic E-state index is 13.4. The summed E-state index contributed by atoms with van der Waals surface area (Å²) in [5, 5.41) is 9.85. The zero-order valence-electron chi connectivity index (χ0n) is 17.5. The van der Waals surface area contributed by atoms with Gasteiger partial charge < -0.3 is 9.84 Å². The lowest BCUT2D eigenvalue weighted by atomic mass is 9.55. The minimum absolute atomic E-state index is 0.116. The van der Waals surface area contributed by atoms with Crippen molar-refractivity contribution in [2.45, 2.75) is 51.6 Å². The van der Waals surface area contributed by atoms with Gasteiger partial charge in [-0.15, -0.1) is 0 Å². The molecule has 0 amide bonds. The summed E-state index contributed by atoms with van der Waals surface area (Å²) in [7, 11) is 0. The zero-order valence-corrected chi connectivity index (χ0v) is 17.5. The maximum absolute atomic E-state index is 13.4. The molecule has 2 aromatic carbocycles. The number of carbonyl (C=O) groups excluding carboxylic acids is 1. The Bertz CT molecular complexity index is 1040. The lowest BCUT2D eigenvalue weighted by molar-refractivity contribution is -0.127. The number of aryl methyl sites for hydroxylation is 1. The van der Waals surface area contributed by atoms with Crippen LogP contribution in [0.25, 0.3) is 6.08 Å². The molecule has 4 atom stereocenters. The van der Waals surface area contributed by atoms with Crippen LogP contribution in [-0.2, 0) is 11.2 Å². The van der Waals surface area contributed by atoms with Gasteiger partial charge in [-0.2, -0.15) is 8.78 Å². The molecule has 0 aliphatic heterocycles. The van der Waals surface area contributed by atoms with E-state index in [-0.39, 0.29) is 16.9 Å². The number of allylic oxidation sites excluding steroid dienone is 1. The van der Waals surface area contributed by atoms with Crippen LogP contribution in [0, 0.1) is 17.3 Å². The van der Waals surface area contributed by atoms with Gasteiger partial charge in [-0.05, 0) is 102 Å². The number of hydrogen-bond donors (Lipinski definition) is 1. The van der Waals surface area contributed by atoms with Crippen LogP contribution < -0.4 is 4.74 Å². The second-order valence-electron chi connectivity index (χ2n) is 9.41. The molecule has 0 saturated heterocycles. The zero-order chi connectivity index (χ0) is 21.8. The summed E-state index contributed by atoms with van der Waals surface area (Å²) in [5.41, 5.74) is 3.92. The quantitative estimate of drug-likeness (QED) is 0.605. The normalized spacial score (nSPS) is 30.8. The molecule has 0 bridgehead atoms. The van der Waals surface area contributed by atoms with Gasteiger partial charge in [0.25, 0.3) is 0 Å². The smallest absolute Gasteiger partial charge is 0.387 e. The van der Waals surface area contributed by atoms with E-state index in [4.69, 9.17) is 0 Å². The fraction of sp³-hybridized carbons (Fsp3) is 0.423. The number of halogens is 2. The molecule has 0 radical (unpaired) electrons. The molecule has 5 heteroatoms. The third kappa shape index (κ3) is 3.44. The van der Waals surface area contributed by atoms with Crippen molar-refractivity contribution in [2.75, 3.05) is 0 Å². The summed E-state index contributed by atoms with van der Waals surface area (Å²) >= 11 is 0. The first-order valence-electron chi connectivity index (χ1n) is 11.0. The minimum Gasteiger partial charge on any atom is -0.508 e. The van der Waals surface area contributed by atoms with Gasteiger partial charge in [0.15, 0.2) is 5.78 Å². The highest BCUT2D eigenvalue weighted by molar-refractivity contribution is 6.06. The van der Waals surface area contributed by atoms with E-state index in [1.165, 1.54) is 23.3 Å². The van der Waals surface area contributed by atoms with Crippen LogP contribution in [0.4, 0.5) is 8.78 Å². The van der Waals surface area contributed by atoms with Crippen LogP contribution >= 0.6 is 0 Å². The van der Waals surface area contributed by atoms with Gasteiger partial charge in [0.2, 0.25) is 0 Å². The second-order valence-corrected chi connectivity index (χ2v) is 9.41.